The van der Waals surface area contributed by atoms with E-state index in [0.717, 1.165) is 0 Å². The van der Waals surface area contributed by atoms with Crippen LogP contribution >= 0.6 is 0 Å². The number of carbonyl (C=O) groups is 1. The van der Waals surface area contributed by atoms with Crippen molar-refractivity contribution < 1.29 is 23.1 Å². The molecule has 20 heavy (non-hydrogen) atoms. The molecule has 6 nitrogen and oxygen atoms in total. The molecule has 1 fully saturated rings. The highest BCUT2D eigenvalue weighted by atomic mass is 19.4. The fraction of sp³-hybridized carbons (Fsp3) is 0.545. The number of carboxylic acid groups (broad SMARTS) is 1. The van der Waals surface area contributed by atoms with Crippen molar-refractivity contribution in [2.45, 2.75) is 25.2 Å². The predicted molar refractivity (Wildman–Crippen MR) is 63.4 cm³/mol. The van der Waals surface area contributed by atoms with E-state index in [-0.39, 0.29) is 5.69 Å². The van der Waals surface area contributed by atoms with Gasteiger partial charge in [0.2, 0.25) is 0 Å². The Morgan fingerprint density at radius 1 is 1.30 bits per heavy atom. The van der Waals surface area contributed by atoms with Gasteiger partial charge in [-0.15, -0.1) is 10.2 Å². The molecule has 0 radical (unpaired) electrons. The van der Waals surface area contributed by atoms with E-state index in [9.17, 15) is 18.0 Å². The van der Waals surface area contributed by atoms with Crippen molar-refractivity contribution in [2.24, 2.45) is 0 Å². The molecule has 0 unspecified atom stereocenters. The van der Waals surface area contributed by atoms with Crippen molar-refractivity contribution in [3.8, 4) is 0 Å². The molecule has 110 valence electrons. The number of hydrogen-bond acceptors (Lipinski definition) is 5. The Morgan fingerprint density at radius 3 is 2.40 bits per heavy atom. The van der Waals surface area contributed by atoms with Crippen LogP contribution in [0.3, 0.4) is 0 Å². The Hall–Kier alpha value is -1.90. The van der Waals surface area contributed by atoms with Gasteiger partial charge < -0.3 is 10.0 Å². The van der Waals surface area contributed by atoms with Crippen LogP contribution in [0.5, 0.6) is 0 Å². The van der Waals surface area contributed by atoms with Gasteiger partial charge in [0.1, 0.15) is 0 Å². The number of alkyl halides is 3. The number of piperidine rings is 1. The monoisotopic (exact) mass is 290 g/mol. The van der Waals surface area contributed by atoms with Gasteiger partial charge in [0, 0.05) is 19.1 Å². The standard InChI is InChI=1S/C11H13F3N4O2/c12-11(13,14)15-7-3-5-18(6-4-7)9-2-1-8(10(19)20)16-17-9/h1-2,7,15H,3-6H2,(H,19,20). The average molecular weight is 290 g/mol. The zero-order valence-electron chi connectivity index (χ0n) is 10.4. The molecular weight excluding hydrogens is 277 g/mol. The highest BCUT2D eigenvalue weighted by Gasteiger charge is 2.32. The Kier molecular flexibility index (Phi) is 4.07. The number of anilines is 1. The van der Waals surface area contributed by atoms with Crippen LogP contribution in [0.25, 0.3) is 0 Å². The van der Waals surface area contributed by atoms with E-state index in [4.69, 9.17) is 5.11 Å². The Balaban J connectivity index is 1.92. The summed E-state index contributed by atoms with van der Waals surface area (Å²) >= 11 is 0. The molecule has 0 aromatic carbocycles. The first-order chi connectivity index (χ1) is 9.35. The van der Waals surface area contributed by atoms with E-state index in [1.54, 1.807) is 10.2 Å². The van der Waals surface area contributed by atoms with Gasteiger partial charge >= 0.3 is 12.3 Å². The molecule has 2 heterocycles. The van der Waals surface area contributed by atoms with Crippen LogP contribution in [-0.2, 0) is 0 Å². The number of nitrogens with zero attached hydrogens (tertiary/aromatic N) is 3. The van der Waals surface area contributed by atoms with Crippen LogP contribution in [-0.4, -0.2) is 46.7 Å². The Labute approximate surface area is 112 Å². The van der Waals surface area contributed by atoms with E-state index in [0.29, 0.717) is 31.7 Å². The molecule has 0 amide bonds. The molecule has 0 aliphatic carbocycles. The Morgan fingerprint density at radius 2 is 1.95 bits per heavy atom. The summed E-state index contributed by atoms with van der Waals surface area (Å²) in [7, 11) is 0. The maximum Gasteiger partial charge on any atom is 0.457 e. The molecule has 1 aromatic rings. The van der Waals surface area contributed by atoms with Crippen LogP contribution < -0.4 is 10.2 Å². The summed E-state index contributed by atoms with van der Waals surface area (Å²) in [6, 6.07) is 2.23. The maximum atomic E-state index is 12.2. The van der Waals surface area contributed by atoms with Crippen molar-refractivity contribution >= 4 is 11.8 Å². The number of aromatic carboxylic acids is 1. The van der Waals surface area contributed by atoms with Crippen molar-refractivity contribution in [3.63, 3.8) is 0 Å². The van der Waals surface area contributed by atoms with Crippen LogP contribution in [0.4, 0.5) is 19.0 Å². The summed E-state index contributed by atoms with van der Waals surface area (Å²) in [5, 5.41) is 17.6. The maximum absolute atomic E-state index is 12.2. The molecule has 0 spiro atoms. The van der Waals surface area contributed by atoms with Crippen molar-refractivity contribution in [3.05, 3.63) is 17.8 Å². The smallest absolute Gasteiger partial charge is 0.457 e. The molecule has 2 rings (SSSR count). The van der Waals surface area contributed by atoms with Crippen molar-refractivity contribution in [1.82, 2.24) is 15.5 Å². The normalized spacial score (nSPS) is 17.2. The lowest BCUT2D eigenvalue weighted by Gasteiger charge is -2.33. The van der Waals surface area contributed by atoms with Crippen LogP contribution in [0.1, 0.15) is 23.3 Å². The third-order valence-corrected chi connectivity index (χ3v) is 3.06. The summed E-state index contributed by atoms with van der Waals surface area (Å²) in [6.45, 7) is 0.823. The summed E-state index contributed by atoms with van der Waals surface area (Å²) in [5.41, 5.74) is -0.164. The average Bonchev–Trinajstić information content (AvgIpc) is 2.38. The number of nitrogens with one attached hydrogen (secondary N) is 1. The molecule has 2 N–H and O–H groups in total. The van der Waals surface area contributed by atoms with E-state index in [2.05, 4.69) is 10.2 Å². The number of halogens is 3. The molecule has 1 aliphatic rings. The lowest BCUT2D eigenvalue weighted by Crippen LogP contribution is -2.47. The second-order valence-electron chi connectivity index (χ2n) is 4.49. The third kappa shape index (κ3) is 3.80. The molecule has 0 bridgehead atoms. The van der Waals surface area contributed by atoms with E-state index in [1.165, 1.54) is 12.1 Å². The quantitative estimate of drug-likeness (QED) is 0.816. The predicted octanol–water partition coefficient (Wildman–Crippen LogP) is 1.25. The summed E-state index contributed by atoms with van der Waals surface area (Å²) < 4.78 is 36.5. The van der Waals surface area contributed by atoms with Gasteiger partial charge in [-0.3, -0.25) is 0 Å². The van der Waals surface area contributed by atoms with Gasteiger partial charge in [0.05, 0.1) is 0 Å². The number of carboxylic acids is 1. The highest BCUT2D eigenvalue weighted by Crippen LogP contribution is 2.20. The van der Waals surface area contributed by atoms with Crippen molar-refractivity contribution in [1.29, 1.82) is 0 Å². The van der Waals surface area contributed by atoms with Gasteiger partial charge in [-0.05, 0) is 25.0 Å². The summed E-state index contributed by atoms with van der Waals surface area (Å²) in [6.07, 6.45) is -3.69. The van der Waals surface area contributed by atoms with Crippen molar-refractivity contribution in [2.75, 3.05) is 18.0 Å². The minimum absolute atomic E-state index is 0.164. The van der Waals surface area contributed by atoms with Gasteiger partial charge in [0.25, 0.3) is 0 Å². The van der Waals surface area contributed by atoms with Gasteiger partial charge in [0.15, 0.2) is 11.5 Å². The van der Waals surface area contributed by atoms with E-state index in [1.807, 2.05) is 0 Å². The molecule has 1 aromatic heterocycles. The van der Waals surface area contributed by atoms with Crippen LogP contribution in [0.2, 0.25) is 0 Å². The van der Waals surface area contributed by atoms with Gasteiger partial charge in [-0.1, -0.05) is 0 Å². The second kappa shape index (κ2) is 5.61. The fourth-order valence-electron chi connectivity index (χ4n) is 2.09. The van der Waals surface area contributed by atoms with Gasteiger partial charge in [-0.25, -0.2) is 10.1 Å². The molecule has 1 aliphatic heterocycles. The number of hydrogen-bond donors (Lipinski definition) is 2. The summed E-state index contributed by atoms with van der Waals surface area (Å²) in [4.78, 5) is 12.4. The second-order valence-corrected chi connectivity index (χ2v) is 4.49. The minimum Gasteiger partial charge on any atom is -0.476 e. The first-order valence-corrected chi connectivity index (χ1v) is 6.01. The molecule has 0 atom stereocenters. The highest BCUT2D eigenvalue weighted by molar-refractivity contribution is 5.85. The van der Waals surface area contributed by atoms with E-state index < -0.39 is 18.3 Å². The fourth-order valence-corrected chi connectivity index (χ4v) is 2.09. The molecular formula is C11H13F3N4O2. The number of aromatic nitrogens is 2. The zero-order chi connectivity index (χ0) is 14.8. The largest absolute Gasteiger partial charge is 0.476 e. The lowest BCUT2D eigenvalue weighted by atomic mass is 10.1. The third-order valence-electron chi connectivity index (χ3n) is 3.06. The van der Waals surface area contributed by atoms with Gasteiger partial charge in [-0.2, -0.15) is 13.2 Å². The first kappa shape index (κ1) is 14.5. The minimum atomic E-state index is -4.37. The first-order valence-electron chi connectivity index (χ1n) is 6.01. The molecule has 9 heteroatoms. The zero-order valence-corrected chi connectivity index (χ0v) is 10.4. The topological polar surface area (TPSA) is 78.4 Å². The van der Waals surface area contributed by atoms with E-state index >= 15 is 0 Å². The Bertz CT molecular complexity index is 470. The SMILES string of the molecule is O=C(O)c1ccc(N2CCC(NC(F)(F)F)CC2)nn1. The molecule has 0 saturated carbocycles. The lowest BCUT2D eigenvalue weighted by molar-refractivity contribution is -0.165. The molecule has 1 saturated heterocycles. The summed E-state index contributed by atoms with van der Waals surface area (Å²) in [5.74, 6) is -0.697. The van der Waals surface area contributed by atoms with Crippen LogP contribution in [0.15, 0.2) is 12.1 Å². The van der Waals surface area contributed by atoms with Crippen LogP contribution in [0, 0.1) is 0 Å². The number of rotatable bonds is 3.